The topological polar surface area (TPSA) is 75.8 Å². The molecule has 21 heavy (non-hydrogen) atoms. The van der Waals surface area contributed by atoms with E-state index < -0.39 is 0 Å². The van der Waals surface area contributed by atoms with Crippen molar-refractivity contribution in [1.29, 1.82) is 0 Å². The van der Waals surface area contributed by atoms with Crippen LogP contribution in [-0.2, 0) is 0 Å². The molecule has 1 aromatic carbocycles. The average Bonchev–Trinajstić information content (AvgIpc) is 3.15. The van der Waals surface area contributed by atoms with E-state index in [1.807, 2.05) is 53.4 Å². The summed E-state index contributed by atoms with van der Waals surface area (Å²) in [6, 6.07) is 11.2. The van der Waals surface area contributed by atoms with Gasteiger partial charge in [0.15, 0.2) is 0 Å². The van der Waals surface area contributed by atoms with Crippen molar-refractivity contribution in [2.75, 3.05) is 0 Å². The number of aromatic amines is 1. The number of halogens is 1. The van der Waals surface area contributed by atoms with Crippen LogP contribution in [0.2, 0.25) is 5.02 Å². The quantitative estimate of drug-likeness (QED) is 0.395. The van der Waals surface area contributed by atoms with Gasteiger partial charge in [-0.2, -0.15) is 0 Å². The summed E-state index contributed by atoms with van der Waals surface area (Å²) >= 11 is 5.92. The fraction of sp³-hybridized carbons (Fsp3) is 0. The highest BCUT2D eigenvalue weighted by molar-refractivity contribution is 6.30. The van der Waals surface area contributed by atoms with Gasteiger partial charge in [0.2, 0.25) is 0 Å². The van der Waals surface area contributed by atoms with E-state index in [1.165, 1.54) is 0 Å². The fourth-order valence-corrected chi connectivity index (χ4v) is 2.39. The first kappa shape index (κ1) is 13.5. The van der Waals surface area contributed by atoms with Gasteiger partial charge in [-0.15, -0.1) is 0 Å². The van der Waals surface area contributed by atoms with E-state index in [1.54, 1.807) is 6.20 Å². The van der Waals surface area contributed by atoms with Crippen LogP contribution in [0.15, 0.2) is 55.0 Å². The van der Waals surface area contributed by atoms with Gasteiger partial charge in [0, 0.05) is 29.2 Å². The molecule has 0 spiro atoms. The minimum Gasteiger partial charge on any atom is -0.355 e. The second-order valence-electron chi connectivity index (χ2n) is 4.50. The molecule has 0 aliphatic carbocycles. The van der Waals surface area contributed by atoms with Crippen molar-refractivity contribution in [1.82, 2.24) is 15.0 Å². The van der Waals surface area contributed by atoms with E-state index in [0.29, 0.717) is 10.7 Å². The number of amides is 1. The predicted octanol–water partition coefficient (Wildman–Crippen LogP) is 2.73. The van der Waals surface area contributed by atoms with E-state index >= 15 is 0 Å². The molecule has 0 aliphatic heterocycles. The number of hydrogen-bond donors (Lipinski definition) is 3. The van der Waals surface area contributed by atoms with Gasteiger partial charge in [0.05, 0.1) is 5.69 Å². The number of carbonyl (C=O) groups excluding carboxylic acids is 1. The molecule has 0 saturated heterocycles. The van der Waals surface area contributed by atoms with Crippen LogP contribution in [0.25, 0.3) is 16.8 Å². The number of hydrazine groups is 1. The van der Waals surface area contributed by atoms with Gasteiger partial charge in [-0.25, -0.2) is 5.84 Å². The highest BCUT2D eigenvalue weighted by atomic mass is 35.5. The molecule has 4 N–H and O–H groups in total. The molecule has 5 nitrogen and oxygen atoms in total. The van der Waals surface area contributed by atoms with Crippen LogP contribution < -0.4 is 11.3 Å². The van der Waals surface area contributed by atoms with Crippen LogP contribution in [0.4, 0.5) is 0 Å². The van der Waals surface area contributed by atoms with Crippen LogP contribution in [0.5, 0.6) is 0 Å². The summed E-state index contributed by atoms with van der Waals surface area (Å²) in [6.07, 6.45) is 5.52. The Hall–Kier alpha value is -2.50. The Balaban J connectivity index is 2.19. The molecule has 2 heterocycles. The SMILES string of the molecule is NNC(=O)c1[nH]cc(-c2ccc(Cl)cc2)c1-n1cccc1. The summed E-state index contributed by atoms with van der Waals surface area (Å²) < 4.78 is 1.87. The van der Waals surface area contributed by atoms with Gasteiger partial charge in [0.1, 0.15) is 5.69 Å². The number of benzene rings is 1. The molecule has 0 bridgehead atoms. The maximum absolute atomic E-state index is 11.9. The van der Waals surface area contributed by atoms with Crippen molar-refractivity contribution < 1.29 is 4.79 Å². The highest BCUT2D eigenvalue weighted by Crippen LogP contribution is 2.30. The Morgan fingerprint density at radius 1 is 1.19 bits per heavy atom. The van der Waals surface area contributed by atoms with Crippen LogP contribution in [0, 0.1) is 0 Å². The second-order valence-corrected chi connectivity index (χ2v) is 4.93. The molecule has 3 aromatic rings. The standard InChI is InChI=1S/C15H13ClN4O/c16-11-5-3-10(4-6-11)12-9-18-13(15(21)19-17)14(12)20-7-1-2-8-20/h1-9,18H,17H2,(H,19,21). The third-order valence-corrected chi connectivity index (χ3v) is 3.48. The maximum Gasteiger partial charge on any atom is 0.283 e. The Labute approximate surface area is 126 Å². The number of nitrogens with two attached hydrogens (primary N) is 1. The Kier molecular flexibility index (Phi) is 3.51. The zero-order valence-corrected chi connectivity index (χ0v) is 11.8. The van der Waals surface area contributed by atoms with E-state index in [4.69, 9.17) is 17.4 Å². The van der Waals surface area contributed by atoms with Gasteiger partial charge in [-0.3, -0.25) is 10.2 Å². The summed E-state index contributed by atoms with van der Waals surface area (Å²) in [7, 11) is 0. The monoisotopic (exact) mass is 300 g/mol. The molecule has 2 aromatic heterocycles. The van der Waals surface area contributed by atoms with Crippen LogP contribution in [0.3, 0.4) is 0 Å². The van der Waals surface area contributed by atoms with Gasteiger partial charge >= 0.3 is 0 Å². The smallest absolute Gasteiger partial charge is 0.283 e. The van der Waals surface area contributed by atoms with Crippen molar-refractivity contribution in [3.63, 3.8) is 0 Å². The minimum absolute atomic E-state index is 0.376. The molecule has 0 saturated carbocycles. The molecule has 0 atom stereocenters. The number of nitrogen functional groups attached to an aromatic ring is 1. The first-order valence-electron chi connectivity index (χ1n) is 6.32. The molecule has 0 aliphatic rings. The van der Waals surface area contributed by atoms with Crippen molar-refractivity contribution in [3.05, 3.63) is 65.7 Å². The van der Waals surface area contributed by atoms with Gasteiger partial charge in [-0.1, -0.05) is 23.7 Å². The fourth-order valence-electron chi connectivity index (χ4n) is 2.26. The summed E-state index contributed by atoms with van der Waals surface area (Å²) in [5.74, 6) is 4.87. The van der Waals surface area contributed by atoms with E-state index in [0.717, 1.165) is 16.8 Å². The lowest BCUT2D eigenvalue weighted by Gasteiger charge is -2.08. The zero-order valence-electron chi connectivity index (χ0n) is 11.0. The van der Waals surface area contributed by atoms with Crippen LogP contribution in [-0.4, -0.2) is 15.5 Å². The molecule has 1 amide bonds. The third-order valence-electron chi connectivity index (χ3n) is 3.23. The lowest BCUT2D eigenvalue weighted by molar-refractivity contribution is 0.0949. The third kappa shape index (κ3) is 2.44. The number of nitrogens with zero attached hydrogens (tertiary/aromatic N) is 1. The largest absolute Gasteiger partial charge is 0.355 e. The Bertz CT molecular complexity index is 760. The van der Waals surface area contributed by atoms with E-state index in [2.05, 4.69) is 10.4 Å². The molecular weight excluding hydrogens is 288 g/mol. The Morgan fingerprint density at radius 3 is 2.48 bits per heavy atom. The number of nitrogens with one attached hydrogen (secondary N) is 2. The first-order valence-corrected chi connectivity index (χ1v) is 6.70. The second kappa shape index (κ2) is 5.47. The lowest BCUT2D eigenvalue weighted by Crippen LogP contribution is -2.31. The number of H-pyrrole nitrogens is 1. The predicted molar refractivity (Wildman–Crippen MR) is 82.2 cm³/mol. The highest BCUT2D eigenvalue weighted by Gasteiger charge is 2.19. The summed E-state index contributed by atoms with van der Waals surface area (Å²) in [6.45, 7) is 0. The van der Waals surface area contributed by atoms with Gasteiger partial charge in [-0.05, 0) is 29.8 Å². The van der Waals surface area contributed by atoms with Crippen LogP contribution in [0.1, 0.15) is 10.5 Å². The summed E-state index contributed by atoms with van der Waals surface area (Å²) in [4.78, 5) is 14.9. The molecule has 0 unspecified atom stereocenters. The van der Waals surface area contributed by atoms with Gasteiger partial charge < -0.3 is 9.55 Å². The van der Waals surface area contributed by atoms with Crippen molar-refractivity contribution in [3.8, 4) is 16.8 Å². The first-order chi connectivity index (χ1) is 10.2. The summed E-state index contributed by atoms with van der Waals surface area (Å²) in [5, 5.41) is 0.664. The molecule has 106 valence electrons. The van der Waals surface area contributed by atoms with E-state index in [-0.39, 0.29) is 5.91 Å². The van der Waals surface area contributed by atoms with Crippen molar-refractivity contribution >= 4 is 17.5 Å². The van der Waals surface area contributed by atoms with E-state index in [9.17, 15) is 4.79 Å². The average molecular weight is 301 g/mol. The van der Waals surface area contributed by atoms with Crippen molar-refractivity contribution in [2.24, 2.45) is 5.84 Å². The molecule has 3 rings (SSSR count). The molecule has 0 radical (unpaired) electrons. The molecule has 0 fully saturated rings. The Morgan fingerprint density at radius 2 is 1.86 bits per heavy atom. The van der Waals surface area contributed by atoms with Crippen LogP contribution >= 0.6 is 11.6 Å². The zero-order chi connectivity index (χ0) is 14.8. The number of carbonyl (C=O) groups is 1. The molecular formula is C15H13ClN4O. The number of rotatable bonds is 3. The number of aromatic nitrogens is 2. The lowest BCUT2D eigenvalue weighted by atomic mass is 10.1. The minimum atomic E-state index is -0.376. The summed E-state index contributed by atoms with van der Waals surface area (Å²) in [5.41, 5.74) is 5.14. The molecule has 6 heteroatoms. The van der Waals surface area contributed by atoms with Gasteiger partial charge in [0.25, 0.3) is 5.91 Å². The number of hydrogen-bond acceptors (Lipinski definition) is 2. The maximum atomic E-state index is 11.9. The van der Waals surface area contributed by atoms with Crippen molar-refractivity contribution in [2.45, 2.75) is 0 Å². The normalized spacial score (nSPS) is 10.6.